The summed E-state index contributed by atoms with van der Waals surface area (Å²) in [4.78, 5) is 11.0. The van der Waals surface area contributed by atoms with Gasteiger partial charge in [0.15, 0.2) is 17.5 Å². The number of hydrogen-bond acceptors (Lipinski definition) is 3. The van der Waals surface area contributed by atoms with Crippen LogP contribution in [0.25, 0.3) is 5.65 Å². The molecule has 0 radical (unpaired) electrons. The Labute approximate surface area is 164 Å². The van der Waals surface area contributed by atoms with E-state index in [1.165, 1.54) is 13.2 Å². The molecule has 1 aromatic carbocycles. The van der Waals surface area contributed by atoms with Crippen LogP contribution in [0.1, 0.15) is 16.8 Å². The van der Waals surface area contributed by atoms with Gasteiger partial charge in [-0.15, -0.1) is 0 Å². The lowest BCUT2D eigenvalue weighted by Gasteiger charge is -2.22. The number of aryl methyl sites for hydroxylation is 1. The second kappa shape index (κ2) is 8.73. The molecule has 0 unspecified atom stereocenters. The summed E-state index contributed by atoms with van der Waals surface area (Å²) in [5.74, 6) is 0.631. The zero-order valence-electron chi connectivity index (χ0n) is 16.7. The van der Waals surface area contributed by atoms with Crippen LogP contribution < -0.4 is 10.1 Å². The number of ether oxygens (including phenoxy) is 1. The Kier molecular flexibility index (Phi) is 6.13. The Morgan fingerprint density at radius 2 is 2.18 bits per heavy atom. The van der Waals surface area contributed by atoms with Gasteiger partial charge in [0.05, 0.1) is 12.8 Å². The molecule has 0 aliphatic rings. The van der Waals surface area contributed by atoms with Gasteiger partial charge in [-0.25, -0.2) is 9.37 Å². The van der Waals surface area contributed by atoms with Gasteiger partial charge in [-0.1, -0.05) is 12.1 Å². The highest BCUT2D eigenvalue weighted by Gasteiger charge is 2.10. The van der Waals surface area contributed by atoms with Crippen LogP contribution in [0, 0.1) is 12.7 Å². The average Bonchev–Trinajstić information content (AvgIpc) is 3.10. The number of halogens is 1. The van der Waals surface area contributed by atoms with Gasteiger partial charge in [0, 0.05) is 46.0 Å². The van der Waals surface area contributed by atoms with Gasteiger partial charge in [-0.05, 0) is 36.2 Å². The number of pyridine rings is 1. The maximum absolute atomic E-state index is 13.9. The van der Waals surface area contributed by atoms with Gasteiger partial charge < -0.3 is 19.4 Å². The van der Waals surface area contributed by atoms with Crippen LogP contribution in [0.4, 0.5) is 4.39 Å². The molecular formula is C21H26FN5O. The SMILES string of the molecule is CN=C(NCCc1cn2cccc(C)c2n1)N(C)Cc1ccc(OC)c(F)c1. The van der Waals surface area contributed by atoms with Crippen molar-refractivity contribution in [3.8, 4) is 5.75 Å². The second-order valence-corrected chi connectivity index (χ2v) is 6.70. The molecule has 2 aromatic heterocycles. The molecule has 0 saturated heterocycles. The summed E-state index contributed by atoms with van der Waals surface area (Å²) in [6.45, 7) is 3.30. The molecule has 3 aromatic rings. The van der Waals surface area contributed by atoms with E-state index in [9.17, 15) is 4.39 Å². The molecular weight excluding hydrogens is 357 g/mol. The number of nitrogens with zero attached hydrogens (tertiary/aromatic N) is 4. The maximum atomic E-state index is 13.9. The molecule has 1 N–H and O–H groups in total. The maximum Gasteiger partial charge on any atom is 0.193 e. The number of methoxy groups -OCH3 is 1. The number of hydrogen-bond donors (Lipinski definition) is 1. The number of benzene rings is 1. The first-order chi connectivity index (χ1) is 13.5. The Hall–Kier alpha value is -3.09. The molecule has 0 amide bonds. The van der Waals surface area contributed by atoms with Gasteiger partial charge >= 0.3 is 0 Å². The topological polar surface area (TPSA) is 54.2 Å². The van der Waals surface area contributed by atoms with Crippen molar-refractivity contribution in [1.82, 2.24) is 19.6 Å². The van der Waals surface area contributed by atoms with Crippen LogP contribution in [-0.2, 0) is 13.0 Å². The van der Waals surface area contributed by atoms with Crippen molar-refractivity contribution in [3.05, 3.63) is 65.4 Å². The molecule has 0 aliphatic heterocycles. The number of guanidine groups is 1. The number of aliphatic imine (C=N–C) groups is 1. The predicted octanol–water partition coefficient (Wildman–Crippen LogP) is 3.04. The van der Waals surface area contributed by atoms with Gasteiger partial charge in [0.2, 0.25) is 0 Å². The van der Waals surface area contributed by atoms with Crippen molar-refractivity contribution in [2.75, 3.05) is 27.7 Å². The Morgan fingerprint density at radius 1 is 1.36 bits per heavy atom. The van der Waals surface area contributed by atoms with Gasteiger partial charge in [0.1, 0.15) is 5.65 Å². The largest absolute Gasteiger partial charge is 0.494 e. The van der Waals surface area contributed by atoms with Crippen molar-refractivity contribution >= 4 is 11.6 Å². The summed E-state index contributed by atoms with van der Waals surface area (Å²) < 4.78 is 20.9. The smallest absolute Gasteiger partial charge is 0.193 e. The molecule has 0 spiro atoms. The summed E-state index contributed by atoms with van der Waals surface area (Å²) >= 11 is 0. The lowest BCUT2D eigenvalue weighted by molar-refractivity contribution is 0.385. The van der Waals surface area contributed by atoms with Crippen molar-refractivity contribution < 1.29 is 9.13 Å². The zero-order chi connectivity index (χ0) is 20.1. The Balaban J connectivity index is 1.57. The van der Waals surface area contributed by atoms with Crippen LogP contribution in [-0.4, -0.2) is 48.0 Å². The normalized spacial score (nSPS) is 11.7. The number of aromatic nitrogens is 2. The minimum Gasteiger partial charge on any atom is -0.494 e. The van der Waals surface area contributed by atoms with Gasteiger partial charge in [0.25, 0.3) is 0 Å². The molecule has 6 nitrogen and oxygen atoms in total. The molecule has 28 heavy (non-hydrogen) atoms. The Bertz CT molecular complexity index is 982. The van der Waals surface area contributed by atoms with E-state index >= 15 is 0 Å². The summed E-state index contributed by atoms with van der Waals surface area (Å²) in [5.41, 5.74) is 4.02. The number of rotatable bonds is 6. The highest BCUT2D eigenvalue weighted by Crippen LogP contribution is 2.18. The Morgan fingerprint density at radius 3 is 2.86 bits per heavy atom. The lowest BCUT2D eigenvalue weighted by atomic mass is 10.2. The van der Waals surface area contributed by atoms with E-state index in [-0.39, 0.29) is 11.6 Å². The highest BCUT2D eigenvalue weighted by molar-refractivity contribution is 5.79. The lowest BCUT2D eigenvalue weighted by Crippen LogP contribution is -2.39. The van der Waals surface area contributed by atoms with Gasteiger partial charge in [-0.2, -0.15) is 0 Å². The molecule has 0 aliphatic carbocycles. The monoisotopic (exact) mass is 383 g/mol. The standard InChI is InChI=1S/C21H26FN5O/c1-15-6-5-11-27-14-17(25-20(15)27)9-10-24-21(23-2)26(3)13-16-7-8-19(28-4)18(22)12-16/h5-8,11-12,14H,9-10,13H2,1-4H3,(H,23,24). The third-order valence-corrected chi connectivity index (χ3v) is 4.60. The predicted molar refractivity (Wildman–Crippen MR) is 109 cm³/mol. The summed E-state index contributed by atoms with van der Waals surface area (Å²) in [6, 6.07) is 9.06. The summed E-state index contributed by atoms with van der Waals surface area (Å²) in [7, 11) is 5.12. The van der Waals surface area contributed by atoms with Crippen molar-refractivity contribution in [2.24, 2.45) is 4.99 Å². The van der Waals surface area contributed by atoms with E-state index in [1.54, 1.807) is 13.1 Å². The van der Waals surface area contributed by atoms with E-state index in [2.05, 4.69) is 34.5 Å². The second-order valence-electron chi connectivity index (χ2n) is 6.70. The van der Waals surface area contributed by atoms with Crippen LogP contribution in [0.5, 0.6) is 5.75 Å². The molecule has 0 bridgehead atoms. The minimum absolute atomic E-state index is 0.247. The zero-order valence-corrected chi connectivity index (χ0v) is 16.7. The van der Waals surface area contributed by atoms with E-state index < -0.39 is 0 Å². The molecule has 0 atom stereocenters. The fourth-order valence-corrected chi connectivity index (χ4v) is 3.17. The molecule has 3 rings (SSSR count). The first-order valence-electron chi connectivity index (χ1n) is 9.19. The molecule has 7 heteroatoms. The van der Waals surface area contributed by atoms with E-state index in [0.717, 1.165) is 34.8 Å². The van der Waals surface area contributed by atoms with Crippen molar-refractivity contribution in [2.45, 2.75) is 19.9 Å². The van der Waals surface area contributed by atoms with Gasteiger partial charge in [-0.3, -0.25) is 4.99 Å². The third kappa shape index (κ3) is 4.42. The van der Waals surface area contributed by atoms with Crippen LogP contribution >= 0.6 is 0 Å². The quantitative estimate of drug-likeness (QED) is 0.525. The third-order valence-electron chi connectivity index (χ3n) is 4.60. The first kappa shape index (κ1) is 19.7. The van der Waals surface area contributed by atoms with Crippen LogP contribution in [0.3, 0.4) is 0 Å². The molecule has 0 saturated carbocycles. The molecule has 0 fully saturated rings. The van der Waals surface area contributed by atoms with Crippen LogP contribution in [0.15, 0.2) is 47.7 Å². The molecule has 2 heterocycles. The highest BCUT2D eigenvalue weighted by atomic mass is 19.1. The fraction of sp³-hybridized carbons (Fsp3) is 0.333. The van der Waals surface area contributed by atoms with Crippen molar-refractivity contribution in [1.29, 1.82) is 0 Å². The molecule has 148 valence electrons. The average molecular weight is 383 g/mol. The van der Waals surface area contributed by atoms with E-state index in [0.29, 0.717) is 13.1 Å². The number of fused-ring (bicyclic) bond motifs is 1. The van der Waals surface area contributed by atoms with Crippen LogP contribution in [0.2, 0.25) is 0 Å². The number of nitrogens with one attached hydrogen (secondary N) is 1. The summed E-state index contributed by atoms with van der Waals surface area (Å²) in [5, 5.41) is 3.34. The van der Waals surface area contributed by atoms with E-state index in [1.807, 2.05) is 34.7 Å². The van der Waals surface area contributed by atoms with E-state index in [4.69, 9.17) is 4.74 Å². The van der Waals surface area contributed by atoms with Crippen molar-refractivity contribution in [3.63, 3.8) is 0 Å². The fourth-order valence-electron chi connectivity index (χ4n) is 3.17. The number of imidazole rings is 1. The first-order valence-corrected chi connectivity index (χ1v) is 9.19. The summed E-state index contributed by atoms with van der Waals surface area (Å²) in [6.07, 6.45) is 4.84. The minimum atomic E-state index is -0.363.